The number of hydrogen-bond acceptors (Lipinski definition) is 4. The number of amides is 1. The van der Waals surface area contributed by atoms with E-state index in [1.54, 1.807) is 30.3 Å². The van der Waals surface area contributed by atoms with Crippen molar-refractivity contribution in [2.45, 2.75) is 39.2 Å². The summed E-state index contributed by atoms with van der Waals surface area (Å²) < 4.78 is 16.5. The van der Waals surface area contributed by atoms with Crippen LogP contribution in [0.25, 0.3) is 11.4 Å². The molecule has 1 aromatic heterocycles. The molecule has 160 valence electrons. The van der Waals surface area contributed by atoms with Crippen LogP contribution in [0.2, 0.25) is 0 Å². The Balaban J connectivity index is 0.00000160. The number of nitrogen functional groups attached to an aromatic ring is 1. The highest BCUT2D eigenvalue weighted by Gasteiger charge is 2.18. The van der Waals surface area contributed by atoms with Crippen LogP contribution in [-0.4, -0.2) is 20.7 Å². The van der Waals surface area contributed by atoms with Gasteiger partial charge in [0.05, 0.1) is 5.69 Å². The van der Waals surface area contributed by atoms with Crippen molar-refractivity contribution in [1.29, 1.82) is 0 Å². The lowest BCUT2D eigenvalue weighted by Crippen LogP contribution is -2.15. The Labute approximate surface area is 186 Å². The van der Waals surface area contributed by atoms with E-state index in [0.717, 1.165) is 49.2 Å². The summed E-state index contributed by atoms with van der Waals surface area (Å²) in [6.07, 6.45) is 4.22. The fourth-order valence-electron chi connectivity index (χ4n) is 3.53. The minimum absolute atomic E-state index is 0. The summed E-state index contributed by atoms with van der Waals surface area (Å²) in [5.41, 5.74) is 8.28. The molecule has 2 aromatic carbocycles. The summed E-state index contributed by atoms with van der Waals surface area (Å²) in [5.74, 6) is 0.750. The molecule has 0 bridgehead atoms. The number of nitrogens with zero attached hydrogens (tertiary/aromatic N) is 3. The number of aryl methyl sites for hydroxylation is 2. The van der Waals surface area contributed by atoms with Crippen LogP contribution in [0.15, 0.2) is 36.4 Å². The zero-order valence-corrected chi connectivity index (χ0v) is 18.2. The molecule has 1 aliphatic heterocycles. The number of fused-ring (bicyclic) bond motifs is 1. The van der Waals surface area contributed by atoms with Crippen molar-refractivity contribution < 1.29 is 9.18 Å². The van der Waals surface area contributed by atoms with Crippen molar-refractivity contribution in [3.8, 4) is 11.4 Å². The van der Waals surface area contributed by atoms with E-state index in [1.165, 1.54) is 6.07 Å². The monoisotopic (exact) mass is 451 g/mol. The van der Waals surface area contributed by atoms with Gasteiger partial charge in [-0.3, -0.25) is 4.79 Å². The summed E-state index contributed by atoms with van der Waals surface area (Å²) in [6, 6.07) is 9.70. The third-order valence-corrected chi connectivity index (χ3v) is 5.09. The molecular formula is C21H24Cl2FN5O. The molecule has 0 unspecified atom stereocenters. The number of carbonyl (C=O) groups is 1. The number of benzene rings is 2. The summed E-state index contributed by atoms with van der Waals surface area (Å²) in [5, 5.41) is 11.3. The third kappa shape index (κ3) is 4.74. The molecule has 9 heteroatoms. The highest BCUT2D eigenvalue weighted by atomic mass is 35.5. The van der Waals surface area contributed by atoms with Gasteiger partial charge in [-0.25, -0.2) is 4.39 Å². The number of nitrogens with one attached hydrogen (secondary N) is 1. The van der Waals surface area contributed by atoms with Crippen molar-refractivity contribution in [1.82, 2.24) is 14.8 Å². The van der Waals surface area contributed by atoms with Crippen LogP contribution in [0.5, 0.6) is 0 Å². The number of carbonyl (C=O) groups excluding carboxylic acids is 1. The Morgan fingerprint density at radius 2 is 1.90 bits per heavy atom. The second-order valence-corrected chi connectivity index (χ2v) is 7.13. The number of halogens is 3. The highest BCUT2D eigenvalue weighted by molar-refractivity contribution is 6.06. The Bertz CT molecular complexity index is 1050. The highest BCUT2D eigenvalue weighted by Crippen LogP contribution is 2.27. The molecule has 6 nitrogen and oxygen atoms in total. The van der Waals surface area contributed by atoms with Gasteiger partial charge < -0.3 is 15.6 Å². The molecule has 0 aliphatic carbocycles. The van der Waals surface area contributed by atoms with Gasteiger partial charge in [-0.1, -0.05) is 12.5 Å². The van der Waals surface area contributed by atoms with Crippen LogP contribution >= 0.6 is 24.8 Å². The van der Waals surface area contributed by atoms with Gasteiger partial charge in [-0.2, -0.15) is 0 Å². The molecule has 0 saturated carbocycles. The fourth-order valence-corrected chi connectivity index (χ4v) is 3.53. The van der Waals surface area contributed by atoms with Gasteiger partial charge >= 0.3 is 0 Å². The zero-order chi connectivity index (χ0) is 19.7. The van der Waals surface area contributed by atoms with Gasteiger partial charge in [-0.15, -0.1) is 35.0 Å². The average Bonchev–Trinajstić information content (AvgIpc) is 2.93. The molecule has 0 atom stereocenters. The van der Waals surface area contributed by atoms with E-state index in [9.17, 15) is 9.18 Å². The molecule has 0 spiro atoms. The maximum atomic E-state index is 14.4. The molecule has 3 N–H and O–H groups in total. The number of aromatic nitrogens is 3. The second kappa shape index (κ2) is 9.91. The Kier molecular flexibility index (Phi) is 7.81. The van der Waals surface area contributed by atoms with E-state index in [2.05, 4.69) is 20.1 Å². The minimum atomic E-state index is -0.505. The van der Waals surface area contributed by atoms with Gasteiger partial charge in [0, 0.05) is 29.8 Å². The molecule has 3 aromatic rings. The number of nitrogens with two attached hydrogens (primary N) is 1. The summed E-state index contributed by atoms with van der Waals surface area (Å²) in [4.78, 5) is 12.6. The molecule has 2 heterocycles. The van der Waals surface area contributed by atoms with Crippen LogP contribution in [0, 0.1) is 12.7 Å². The van der Waals surface area contributed by atoms with E-state index >= 15 is 0 Å². The third-order valence-electron chi connectivity index (χ3n) is 5.09. The fraction of sp³-hybridized carbons (Fsp3) is 0.286. The standard InChI is InChI=1S/C21H22FN5O.2ClH/c1-13-6-8-15(23)12-16(13)21(28)24-18-11-14(7-9-17(18)22)20-26-25-19-5-3-2-4-10-27(19)20;;/h6-9,11-12H,2-5,10,23H2,1H3,(H,24,28);2*1H. The first-order chi connectivity index (χ1) is 13.5. The van der Waals surface area contributed by atoms with Gasteiger partial charge in [0.25, 0.3) is 5.91 Å². The summed E-state index contributed by atoms with van der Waals surface area (Å²) >= 11 is 0. The zero-order valence-electron chi connectivity index (χ0n) is 16.5. The van der Waals surface area contributed by atoms with Crippen LogP contribution in [0.1, 0.15) is 41.0 Å². The molecular weight excluding hydrogens is 428 g/mol. The number of anilines is 2. The van der Waals surface area contributed by atoms with Crippen LogP contribution in [-0.2, 0) is 13.0 Å². The first-order valence-electron chi connectivity index (χ1n) is 9.42. The van der Waals surface area contributed by atoms with E-state index in [-0.39, 0.29) is 30.5 Å². The predicted molar refractivity (Wildman–Crippen MR) is 121 cm³/mol. The Morgan fingerprint density at radius 3 is 2.70 bits per heavy atom. The van der Waals surface area contributed by atoms with Crippen molar-refractivity contribution in [2.75, 3.05) is 11.1 Å². The second-order valence-electron chi connectivity index (χ2n) is 7.13. The largest absolute Gasteiger partial charge is 0.399 e. The number of rotatable bonds is 3. The smallest absolute Gasteiger partial charge is 0.256 e. The predicted octanol–water partition coefficient (Wildman–Crippen LogP) is 4.80. The lowest BCUT2D eigenvalue weighted by atomic mass is 10.1. The first kappa shape index (κ1) is 23.6. The van der Waals surface area contributed by atoms with Crippen molar-refractivity contribution in [3.63, 3.8) is 0 Å². The van der Waals surface area contributed by atoms with Crippen molar-refractivity contribution in [2.24, 2.45) is 0 Å². The van der Waals surface area contributed by atoms with E-state index < -0.39 is 11.7 Å². The van der Waals surface area contributed by atoms with Gasteiger partial charge in [0.2, 0.25) is 0 Å². The first-order valence-corrected chi connectivity index (χ1v) is 9.42. The molecule has 1 aliphatic rings. The van der Waals surface area contributed by atoms with Crippen LogP contribution in [0.4, 0.5) is 15.8 Å². The maximum absolute atomic E-state index is 14.4. The minimum Gasteiger partial charge on any atom is -0.399 e. The number of hydrogen-bond donors (Lipinski definition) is 2. The molecule has 4 rings (SSSR count). The quantitative estimate of drug-likeness (QED) is 0.560. The average molecular weight is 452 g/mol. The Hall–Kier alpha value is -2.64. The molecule has 0 fully saturated rings. The molecule has 0 radical (unpaired) electrons. The lowest BCUT2D eigenvalue weighted by Gasteiger charge is -2.12. The van der Waals surface area contributed by atoms with Crippen LogP contribution in [0.3, 0.4) is 0 Å². The van der Waals surface area contributed by atoms with Crippen molar-refractivity contribution >= 4 is 42.1 Å². The lowest BCUT2D eigenvalue weighted by molar-refractivity contribution is 0.102. The summed E-state index contributed by atoms with van der Waals surface area (Å²) in [6.45, 7) is 2.66. The van der Waals surface area contributed by atoms with Crippen LogP contribution < -0.4 is 11.1 Å². The molecule has 1 amide bonds. The van der Waals surface area contributed by atoms with Gasteiger partial charge in [0.15, 0.2) is 5.82 Å². The van der Waals surface area contributed by atoms with E-state index in [1.807, 2.05) is 6.92 Å². The Morgan fingerprint density at radius 1 is 1.10 bits per heavy atom. The SMILES string of the molecule is Cc1ccc(N)cc1C(=O)Nc1cc(-c2nnc3n2CCCCC3)ccc1F.Cl.Cl. The van der Waals surface area contributed by atoms with E-state index in [4.69, 9.17) is 5.73 Å². The topological polar surface area (TPSA) is 85.8 Å². The summed E-state index contributed by atoms with van der Waals surface area (Å²) in [7, 11) is 0. The van der Waals surface area contributed by atoms with Gasteiger partial charge in [0.1, 0.15) is 11.6 Å². The normalized spacial score (nSPS) is 12.7. The maximum Gasteiger partial charge on any atom is 0.256 e. The van der Waals surface area contributed by atoms with E-state index in [0.29, 0.717) is 17.1 Å². The van der Waals surface area contributed by atoms with Crippen molar-refractivity contribution in [3.05, 3.63) is 59.2 Å². The van der Waals surface area contributed by atoms with Gasteiger partial charge in [-0.05, 0) is 55.7 Å². The molecule has 0 saturated heterocycles. The molecule has 30 heavy (non-hydrogen) atoms.